The van der Waals surface area contributed by atoms with E-state index in [1.54, 1.807) is 0 Å². The highest BCUT2D eigenvalue weighted by molar-refractivity contribution is 9.10. The van der Waals surface area contributed by atoms with Crippen LogP contribution in [0.4, 0.5) is 0 Å². The van der Waals surface area contributed by atoms with E-state index in [9.17, 15) is 9.70 Å². The maximum Gasteiger partial charge on any atom is 0.338 e. The van der Waals surface area contributed by atoms with Crippen molar-refractivity contribution in [2.45, 2.75) is 12.8 Å². The van der Waals surface area contributed by atoms with Crippen molar-refractivity contribution in [1.82, 2.24) is 0 Å². The van der Waals surface area contributed by atoms with Gasteiger partial charge in [-0.2, -0.15) is 0 Å². The van der Waals surface area contributed by atoms with Crippen LogP contribution in [0.2, 0.25) is 0 Å². The minimum absolute atomic E-state index is 0.155. The number of carbonyl (C=O) groups excluding carboxylic acids is 1. The minimum Gasteiger partial charge on any atom is -0.285 e. The van der Waals surface area contributed by atoms with Crippen molar-refractivity contribution >= 4 is 21.9 Å². The number of benzene rings is 1. The first-order valence-corrected chi connectivity index (χ1v) is 4.78. The van der Waals surface area contributed by atoms with E-state index in [-0.39, 0.29) is 6.42 Å². The van der Waals surface area contributed by atoms with Gasteiger partial charge < -0.3 is 0 Å². The standard InChI is InChI=1S/C9H8BrNO3/c10-8-3-1-2-7(6-8)4-5-9(12)14-11-13/h1-3,6H,4-5H2. The monoisotopic (exact) mass is 257 g/mol. The van der Waals surface area contributed by atoms with Crippen LogP contribution in [0.25, 0.3) is 0 Å². The van der Waals surface area contributed by atoms with E-state index < -0.39 is 5.97 Å². The van der Waals surface area contributed by atoms with Crippen LogP contribution >= 0.6 is 15.9 Å². The third kappa shape index (κ3) is 3.66. The van der Waals surface area contributed by atoms with Gasteiger partial charge in [0, 0.05) is 4.47 Å². The molecule has 0 heterocycles. The SMILES string of the molecule is O=NOC(=O)CCc1cccc(Br)c1. The van der Waals surface area contributed by atoms with E-state index in [0.717, 1.165) is 10.0 Å². The molecule has 0 N–H and O–H groups in total. The quantitative estimate of drug-likeness (QED) is 0.616. The van der Waals surface area contributed by atoms with Gasteiger partial charge in [-0.3, -0.25) is 4.84 Å². The Balaban J connectivity index is 2.45. The van der Waals surface area contributed by atoms with E-state index in [1.807, 2.05) is 24.3 Å². The molecule has 0 bridgehead atoms. The first-order chi connectivity index (χ1) is 6.72. The molecule has 0 saturated heterocycles. The lowest BCUT2D eigenvalue weighted by Gasteiger charge is -1.99. The van der Waals surface area contributed by atoms with E-state index in [1.165, 1.54) is 0 Å². The molecule has 0 spiro atoms. The normalized spacial score (nSPS) is 9.50. The Morgan fingerprint density at radius 1 is 1.50 bits per heavy atom. The summed E-state index contributed by atoms with van der Waals surface area (Å²) >= 11 is 3.32. The molecule has 0 atom stereocenters. The minimum atomic E-state index is -0.611. The molecule has 0 saturated carbocycles. The summed E-state index contributed by atoms with van der Waals surface area (Å²) in [5.41, 5.74) is 1.00. The topological polar surface area (TPSA) is 55.7 Å². The maximum absolute atomic E-state index is 10.8. The second-order valence-corrected chi connectivity index (χ2v) is 3.58. The van der Waals surface area contributed by atoms with Gasteiger partial charge in [0.2, 0.25) is 0 Å². The summed E-state index contributed by atoms with van der Waals surface area (Å²) in [5.74, 6) is -0.611. The molecule has 0 aromatic heterocycles. The van der Waals surface area contributed by atoms with Gasteiger partial charge in [-0.05, 0) is 24.1 Å². The Morgan fingerprint density at radius 3 is 2.93 bits per heavy atom. The lowest BCUT2D eigenvalue weighted by molar-refractivity contribution is -0.143. The molecule has 0 fully saturated rings. The molecule has 1 rings (SSSR count). The Labute approximate surface area is 89.3 Å². The van der Waals surface area contributed by atoms with Gasteiger partial charge in [0.25, 0.3) is 0 Å². The van der Waals surface area contributed by atoms with E-state index >= 15 is 0 Å². The molecule has 0 aliphatic rings. The fourth-order valence-electron chi connectivity index (χ4n) is 1.03. The zero-order valence-electron chi connectivity index (χ0n) is 7.27. The summed E-state index contributed by atoms with van der Waals surface area (Å²) in [7, 11) is 0. The molecule has 14 heavy (non-hydrogen) atoms. The highest BCUT2D eigenvalue weighted by atomic mass is 79.9. The summed E-state index contributed by atoms with van der Waals surface area (Å²) in [4.78, 5) is 24.3. The first kappa shape index (κ1) is 10.8. The van der Waals surface area contributed by atoms with E-state index in [4.69, 9.17) is 0 Å². The van der Waals surface area contributed by atoms with Gasteiger partial charge in [0.15, 0.2) is 5.34 Å². The first-order valence-electron chi connectivity index (χ1n) is 3.99. The van der Waals surface area contributed by atoms with Crippen LogP contribution < -0.4 is 0 Å². The fraction of sp³-hybridized carbons (Fsp3) is 0.222. The van der Waals surface area contributed by atoms with Gasteiger partial charge in [-0.1, -0.05) is 28.1 Å². The van der Waals surface area contributed by atoms with Crippen LogP contribution in [0.3, 0.4) is 0 Å². The molecule has 74 valence electrons. The van der Waals surface area contributed by atoms with Gasteiger partial charge in [0.05, 0.1) is 6.42 Å². The van der Waals surface area contributed by atoms with Gasteiger partial charge in [0.1, 0.15) is 0 Å². The fourth-order valence-corrected chi connectivity index (χ4v) is 1.47. The van der Waals surface area contributed by atoms with Crippen molar-refractivity contribution in [2.24, 2.45) is 5.34 Å². The Bertz CT molecular complexity index is 341. The highest BCUT2D eigenvalue weighted by Crippen LogP contribution is 2.13. The van der Waals surface area contributed by atoms with E-state index in [2.05, 4.69) is 26.1 Å². The molecule has 5 heteroatoms. The number of hydrogen-bond donors (Lipinski definition) is 0. The average Bonchev–Trinajstić information content (AvgIpc) is 2.15. The average molecular weight is 258 g/mol. The third-order valence-electron chi connectivity index (χ3n) is 1.65. The molecule has 0 amide bonds. The second kappa shape index (κ2) is 5.49. The van der Waals surface area contributed by atoms with Crippen molar-refractivity contribution in [1.29, 1.82) is 0 Å². The Hall–Kier alpha value is -1.23. The van der Waals surface area contributed by atoms with Gasteiger partial charge >= 0.3 is 5.97 Å². The number of hydrogen-bond acceptors (Lipinski definition) is 4. The number of nitrogens with zero attached hydrogens (tertiary/aromatic N) is 1. The van der Waals surface area contributed by atoms with Crippen LogP contribution in [0.1, 0.15) is 12.0 Å². The molecule has 0 aliphatic carbocycles. The molecule has 1 aromatic carbocycles. The third-order valence-corrected chi connectivity index (χ3v) is 2.14. The lowest BCUT2D eigenvalue weighted by atomic mass is 10.1. The van der Waals surface area contributed by atoms with Crippen molar-refractivity contribution in [3.05, 3.63) is 39.2 Å². The summed E-state index contributed by atoms with van der Waals surface area (Å²) in [6, 6.07) is 7.57. The van der Waals surface area contributed by atoms with Crippen LogP contribution in [0.15, 0.2) is 34.1 Å². The van der Waals surface area contributed by atoms with Crippen molar-refractivity contribution in [3.8, 4) is 0 Å². The zero-order valence-corrected chi connectivity index (χ0v) is 8.86. The molecule has 4 nitrogen and oxygen atoms in total. The van der Waals surface area contributed by atoms with Crippen molar-refractivity contribution < 1.29 is 9.63 Å². The van der Waals surface area contributed by atoms with Crippen LogP contribution in [-0.4, -0.2) is 5.97 Å². The smallest absolute Gasteiger partial charge is 0.285 e. The largest absolute Gasteiger partial charge is 0.338 e. The maximum atomic E-state index is 10.8. The van der Waals surface area contributed by atoms with E-state index in [0.29, 0.717) is 6.42 Å². The predicted molar refractivity (Wildman–Crippen MR) is 54.4 cm³/mol. The summed E-state index contributed by atoms with van der Waals surface area (Å²) in [5, 5.41) is 2.06. The second-order valence-electron chi connectivity index (χ2n) is 2.67. The number of aryl methyl sites for hydroxylation is 1. The number of rotatable bonds is 4. The Kier molecular flexibility index (Phi) is 4.25. The van der Waals surface area contributed by atoms with Gasteiger partial charge in [-0.15, -0.1) is 4.91 Å². The van der Waals surface area contributed by atoms with Crippen LogP contribution in [0, 0.1) is 4.91 Å². The molecule has 1 aromatic rings. The molecule has 0 aliphatic heterocycles. The summed E-state index contributed by atoms with van der Waals surface area (Å²) in [6.07, 6.45) is 0.690. The van der Waals surface area contributed by atoms with Gasteiger partial charge in [-0.25, -0.2) is 4.79 Å². The molecular weight excluding hydrogens is 250 g/mol. The van der Waals surface area contributed by atoms with Crippen LogP contribution in [0.5, 0.6) is 0 Å². The van der Waals surface area contributed by atoms with Crippen molar-refractivity contribution in [2.75, 3.05) is 0 Å². The summed E-state index contributed by atoms with van der Waals surface area (Å²) < 4.78 is 0.955. The van der Waals surface area contributed by atoms with Crippen LogP contribution in [-0.2, 0) is 16.1 Å². The molecular formula is C9H8BrNO3. The summed E-state index contributed by atoms with van der Waals surface area (Å²) in [6.45, 7) is 0. The predicted octanol–water partition coefficient (Wildman–Crippen LogP) is 2.61. The molecule has 0 radical (unpaired) electrons. The number of carbonyl (C=O) groups is 1. The Morgan fingerprint density at radius 2 is 2.29 bits per heavy atom. The van der Waals surface area contributed by atoms with Crippen molar-refractivity contribution in [3.63, 3.8) is 0 Å². The number of halogens is 1. The zero-order chi connectivity index (χ0) is 10.4. The lowest BCUT2D eigenvalue weighted by Crippen LogP contribution is -2.00. The molecule has 0 unspecified atom stereocenters. The highest BCUT2D eigenvalue weighted by Gasteiger charge is 2.03.